The maximum absolute atomic E-state index is 11.9. The maximum atomic E-state index is 11.9. The minimum Gasteiger partial charge on any atom is -0.390 e. The summed E-state index contributed by atoms with van der Waals surface area (Å²) < 4.78 is 0. The average molecular weight is 286 g/mol. The van der Waals surface area contributed by atoms with Gasteiger partial charge >= 0.3 is 0 Å². The first-order chi connectivity index (χ1) is 10.2. The molecule has 112 valence electrons. The van der Waals surface area contributed by atoms with E-state index >= 15 is 0 Å². The van der Waals surface area contributed by atoms with Crippen LogP contribution in [0.15, 0.2) is 24.3 Å². The molecule has 0 bridgehead atoms. The fraction of sp³-hybridized carbons (Fsp3) is 0.588. The van der Waals surface area contributed by atoms with Crippen molar-refractivity contribution in [3.63, 3.8) is 0 Å². The molecular formula is C17H22N2O2. The summed E-state index contributed by atoms with van der Waals surface area (Å²) in [6.07, 6.45) is 2.70. The SMILES string of the molecule is O=C(NC[C@@H](O)CN1CCc2ccccc2C1)C12CC1C2. The van der Waals surface area contributed by atoms with Crippen LogP contribution in [0.3, 0.4) is 0 Å². The van der Waals surface area contributed by atoms with Gasteiger partial charge in [-0.3, -0.25) is 9.69 Å². The van der Waals surface area contributed by atoms with Crippen LogP contribution in [0.25, 0.3) is 0 Å². The van der Waals surface area contributed by atoms with E-state index < -0.39 is 6.10 Å². The van der Waals surface area contributed by atoms with Crippen LogP contribution in [0.2, 0.25) is 0 Å². The van der Waals surface area contributed by atoms with Crippen molar-refractivity contribution in [3.8, 4) is 0 Å². The monoisotopic (exact) mass is 286 g/mol. The molecule has 0 saturated heterocycles. The molecule has 2 fully saturated rings. The number of hydrogen-bond acceptors (Lipinski definition) is 3. The number of fused-ring (bicyclic) bond motifs is 2. The molecular weight excluding hydrogens is 264 g/mol. The molecule has 1 amide bonds. The molecule has 2 N–H and O–H groups in total. The van der Waals surface area contributed by atoms with Gasteiger partial charge in [-0.1, -0.05) is 24.3 Å². The van der Waals surface area contributed by atoms with Crippen LogP contribution in [0.4, 0.5) is 0 Å². The minimum atomic E-state index is -0.480. The zero-order valence-electron chi connectivity index (χ0n) is 12.2. The van der Waals surface area contributed by atoms with Gasteiger partial charge in [-0.05, 0) is 36.3 Å². The Morgan fingerprint density at radius 1 is 1.38 bits per heavy atom. The predicted octanol–water partition coefficient (Wildman–Crippen LogP) is 0.932. The fourth-order valence-corrected chi connectivity index (χ4v) is 3.53. The number of β-amino-alcohol motifs (C(OH)–C–C–N with tert-alkyl or cyclic N) is 1. The summed E-state index contributed by atoms with van der Waals surface area (Å²) in [4.78, 5) is 14.2. The van der Waals surface area contributed by atoms with Gasteiger partial charge in [0.05, 0.1) is 11.5 Å². The van der Waals surface area contributed by atoms with Crippen LogP contribution in [0.5, 0.6) is 0 Å². The Morgan fingerprint density at radius 3 is 2.81 bits per heavy atom. The van der Waals surface area contributed by atoms with Gasteiger partial charge < -0.3 is 10.4 Å². The van der Waals surface area contributed by atoms with E-state index in [1.807, 2.05) is 0 Å². The molecule has 4 rings (SSSR count). The highest BCUT2D eigenvalue weighted by atomic mass is 16.3. The summed E-state index contributed by atoms with van der Waals surface area (Å²) in [5.41, 5.74) is 2.78. The number of amides is 1. The molecule has 4 nitrogen and oxygen atoms in total. The number of nitrogens with one attached hydrogen (secondary N) is 1. The van der Waals surface area contributed by atoms with Crippen molar-refractivity contribution in [2.75, 3.05) is 19.6 Å². The van der Waals surface area contributed by atoms with Gasteiger partial charge in [0.1, 0.15) is 0 Å². The first kappa shape index (κ1) is 13.3. The lowest BCUT2D eigenvalue weighted by atomic mass is 10.00. The molecule has 1 heterocycles. The first-order valence-corrected chi connectivity index (χ1v) is 7.93. The van der Waals surface area contributed by atoms with Gasteiger partial charge in [-0.2, -0.15) is 0 Å². The molecule has 3 aliphatic rings. The summed E-state index contributed by atoms with van der Waals surface area (Å²) in [5.74, 6) is 0.823. The lowest BCUT2D eigenvalue weighted by Crippen LogP contribution is -2.42. The molecule has 0 unspecified atom stereocenters. The third-order valence-electron chi connectivity index (χ3n) is 5.31. The highest BCUT2D eigenvalue weighted by Gasteiger charge is 2.74. The van der Waals surface area contributed by atoms with E-state index in [2.05, 4.69) is 34.5 Å². The summed E-state index contributed by atoms with van der Waals surface area (Å²) in [5, 5.41) is 13.1. The Labute approximate surface area is 125 Å². The molecule has 1 atom stereocenters. The van der Waals surface area contributed by atoms with Crippen molar-refractivity contribution < 1.29 is 9.90 Å². The normalized spacial score (nSPS) is 31.0. The Balaban J connectivity index is 1.25. The van der Waals surface area contributed by atoms with E-state index in [1.54, 1.807) is 0 Å². The zero-order chi connectivity index (χ0) is 14.4. The molecule has 0 aromatic heterocycles. The van der Waals surface area contributed by atoms with Crippen molar-refractivity contribution in [2.24, 2.45) is 11.3 Å². The molecule has 2 aliphatic carbocycles. The molecule has 0 radical (unpaired) electrons. The topological polar surface area (TPSA) is 52.6 Å². The van der Waals surface area contributed by atoms with Crippen molar-refractivity contribution in [1.82, 2.24) is 10.2 Å². The van der Waals surface area contributed by atoms with Crippen LogP contribution >= 0.6 is 0 Å². The van der Waals surface area contributed by atoms with Crippen LogP contribution in [-0.2, 0) is 17.8 Å². The van der Waals surface area contributed by atoms with Crippen molar-refractivity contribution in [1.29, 1.82) is 0 Å². The first-order valence-electron chi connectivity index (χ1n) is 7.93. The summed E-state index contributed by atoms with van der Waals surface area (Å²) in [6, 6.07) is 8.50. The molecule has 1 aromatic carbocycles. The molecule has 1 aromatic rings. The van der Waals surface area contributed by atoms with Gasteiger partial charge in [0, 0.05) is 26.2 Å². The molecule has 0 spiro atoms. The number of hydrogen-bond donors (Lipinski definition) is 2. The van der Waals surface area contributed by atoms with Crippen molar-refractivity contribution in [3.05, 3.63) is 35.4 Å². The largest absolute Gasteiger partial charge is 0.390 e. The highest BCUT2D eigenvalue weighted by molar-refractivity contribution is 5.90. The van der Waals surface area contributed by atoms with Gasteiger partial charge in [0.15, 0.2) is 0 Å². The lowest BCUT2D eigenvalue weighted by Gasteiger charge is -2.30. The number of nitrogens with zero attached hydrogens (tertiary/aromatic N) is 1. The number of aliphatic hydroxyl groups is 1. The standard InChI is InChI=1S/C17H22N2O2/c20-15(9-18-16(21)17-7-14(17)8-17)11-19-6-5-12-3-1-2-4-13(12)10-19/h1-4,14-15,20H,5-11H2,(H,18,21)/t14?,15-,17?/m1/s1. The smallest absolute Gasteiger partial charge is 0.226 e. The predicted molar refractivity (Wildman–Crippen MR) is 79.6 cm³/mol. The van der Waals surface area contributed by atoms with Crippen LogP contribution < -0.4 is 5.32 Å². The average Bonchev–Trinajstić information content (AvgIpc) is 3.34. The van der Waals surface area contributed by atoms with E-state index in [1.165, 1.54) is 11.1 Å². The summed E-state index contributed by atoms with van der Waals surface area (Å²) in [7, 11) is 0. The summed E-state index contributed by atoms with van der Waals surface area (Å²) in [6.45, 7) is 2.89. The van der Waals surface area contributed by atoms with E-state index in [0.29, 0.717) is 19.0 Å². The Bertz CT molecular complexity index is 566. The Kier molecular flexibility index (Phi) is 3.05. The lowest BCUT2D eigenvalue weighted by molar-refractivity contribution is -0.124. The van der Waals surface area contributed by atoms with Gasteiger partial charge in [0.25, 0.3) is 0 Å². The van der Waals surface area contributed by atoms with Crippen LogP contribution in [0, 0.1) is 11.3 Å². The molecule has 4 heteroatoms. The van der Waals surface area contributed by atoms with E-state index in [-0.39, 0.29) is 11.3 Å². The zero-order valence-corrected chi connectivity index (χ0v) is 12.2. The minimum absolute atomic E-state index is 0.00375. The van der Waals surface area contributed by atoms with E-state index in [0.717, 1.165) is 32.4 Å². The van der Waals surface area contributed by atoms with Crippen LogP contribution in [0.1, 0.15) is 24.0 Å². The second kappa shape index (κ2) is 4.82. The number of aliphatic hydroxyl groups excluding tert-OH is 1. The van der Waals surface area contributed by atoms with Gasteiger partial charge in [-0.15, -0.1) is 0 Å². The second-order valence-corrected chi connectivity index (χ2v) is 6.88. The number of rotatable bonds is 5. The third kappa shape index (κ3) is 2.47. The fourth-order valence-electron chi connectivity index (χ4n) is 3.53. The molecule has 1 aliphatic heterocycles. The van der Waals surface area contributed by atoms with Crippen LogP contribution in [-0.4, -0.2) is 41.7 Å². The van der Waals surface area contributed by atoms with Crippen molar-refractivity contribution in [2.45, 2.75) is 31.9 Å². The van der Waals surface area contributed by atoms with Crippen molar-refractivity contribution >= 4 is 5.91 Å². The van der Waals surface area contributed by atoms with E-state index in [9.17, 15) is 9.90 Å². The quantitative estimate of drug-likeness (QED) is 0.847. The van der Waals surface area contributed by atoms with Gasteiger partial charge in [0.2, 0.25) is 5.91 Å². The Hall–Kier alpha value is -1.39. The highest BCUT2D eigenvalue weighted by Crippen LogP contribution is 2.75. The number of benzene rings is 1. The number of carbonyl (C=O) groups excluding carboxylic acids is 1. The summed E-state index contributed by atoms with van der Waals surface area (Å²) >= 11 is 0. The van der Waals surface area contributed by atoms with E-state index in [4.69, 9.17) is 0 Å². The maximum Gasteiger partial charge on any atom is 0.226 e. The third-order valence-corrected chi connectivity index (χ3v) is 5.31. The molecule has 21 heavy (non-hydrogen) atoms. The van der Waals surface area contributed by atoms with Gasteiger partial charge in [-0.25, -0.2) is 0 Å². The number of carbonyl (C=O) groups is 1. The molecule has 2 saturated carbocycles. The second-order valence-electron chi connectivity index (χ2n) is 6.88. The Morgan fingerprint density at radius 2 is 2.10 bits per heavy atom.